The zero-order chi connectivity index (χ0) is 19.3. The van der Waals surface area contributed by atoms with Gasteiger partial charge in [0.15, 0.2) is 0 Å². The third-order valence-corrected chi connectivity index (χ3v) is 5.11. The molecule has 1 aliphatic rings. The SMILES string of the molecule is O=c1ccc2cnc(Nc3ccc(N4CCCCC4)cc3)nc2n1CCCO. The summed E-state index contributed by atoms with van der Waals surface area (Å²) in [5, 5.41) is 13.1. The van der Waals surface area contributed by atoms with Gasteiger partial charge in [0.25, 0.3) is 5.56 Å². The van der Waals surface area contributed by atoms with Crippen LogP contribution in [0.15, 0.2) is 47.4 Å². The third-order valence-electron chi connectivity index (χ3n) is 5.11. The molecule has 1 aromatic carbocycles. The molecule has 7 nitrogen and oxygen atoms in total. The number of hydrogen-bond acceptors (Lipinski definition) is 6. The summed E-state index contributed by atoms with van der Waals surface area (Å²) in [5.41, 5.74) is 2.59. The highest BCUT2D eigenvalue weighted by Gasteiger charge is 2.11. The van der Waals surface area contributed by atoms with Crippen molar-refractivity contribution in [1.29, 1.82) is 0 Å². The van der Waals surface area contributed by atoms with Crippen LogP contribution in [0.25, 0.3) is 11.0 Å². The molecule has 146 valence electrons. The Bertz CT molecular complexity index is 994. The predicted octanol–water partition coefficient (Wildman–Crippen LogP) is 2.91. The third kappa shape index (κ3) is 3.99. The molecule has 0 radical (unpaired) electrons. The lowest BCUT2D eigenvalue weighted by molar-refractivity contribution is 0.280. The summed E-state index contributed by atoms with van der Waals surface area (Å²) in [6.45, 7) is 2.69. The molecule has 0 spiro atoms. The molecule has 1 aliphatic heterocycles. The zero-order valence-electron chi connectivity index (χ0n) is 15.8. The highest BCUT2D eigenvalue weighted by atomic mass is 16.3. The maximum atomic E-state index is 12.2. The van der Waals surface area contributed by atoms with Crippen LogP contribution in [0.1, 0.15) is 25.7 Å². The van der Waals surface area contributed by atoms with E-state index in [1.807, 2.05) is 12.1 Å². The van der Waals surface area contributed by atoms with Crippen molar-refractivity contribution in [2.45, 2.75) is 32.2 Å². The van der Waals surface area contributed by atoms with E-state index in [4.69, 9.17) is 5.11 Å². The molecule has 7 heteroatoms. The highest BCUT2D eigenvalue weighted by molar-refractivity contribution is 5.75. The molecule has 0 aliphatic carbocycles. The Morgan fingerprint density at radius 2 is 1.82 bits per heavy atom. The molecule has 2 aromatic heterocycles. The van der Waals surface area contributed by atoms with Crippen LogP contribution in [0.3, 0.4) is 0 Å². The lowest BCUT2D eigenvalue weighted by Gasteiger charge is -2.28. The monoisotopic (exact) mass is 379 g/mol. The van der Waals surface area contributed by atoms with Gasteiger partial charge in [-0.25, -0.2) is 4.98 Å². The van der Waals surface area contributed by atoms with Crippen molar-refractivity contribution in [2.75, 3.05) is 29.9 Å². The number of piperidine rings is 1. The number of aliphatic hydroxyl groups excluding tert-OH is 1. The molecule has 1 fully saturated rings. The minimum absolute atomic E-state index is 0.0301. The van der Waals surface area contributed by atoms with Crippen LogP contribution in [-0.4, -0.2) is 39.3 Å². The quantitative estimate of drug-likeness (QED) is 0.685. The lowest BCUT2D eigenvalue weighted by Crippen LogP contribution is -2.29. The van der Waals surface area contributed by atoms with Gasteiger partial charge in [-0.05, 0) is 56.0 Å². The Hall–Kier alpha value is -2.93. The van der Waals surface area contributed by atoms with E-state index in [9.17, 15) is 4.79 Å². The van der Waals surface area contributed by atoms with Gasteiger partial charge in [0.1, 0.15) is 5.65 Å². The van der Waals surface area contributed by atoms with Gasteiger partial charge < -0.3 is 15.3 Å². The van der Waals surface area contributed by atoms with Gasteiger partial charge in [-0.3, -0.25) is 9.36 Å². The summed E-state index contributed by atoms with van der Waals surface area (Å²) >= 11 is 0. The molecular weight excluding hydrogens is 354 g/mol. The normalized spacial score (nSPS) is 14.4. The molecule has 3 heterocycles. The van der Waals surface area contributed by atoms with Crippen LogP contribution in [-0.2, 0) is 6.54 Å². The first-order chi connectivity index (χ1) is 13.7. The number of hydrogen-bond donors (Lipinski definition) is 2. The fourth-order valence-electron chi connectivity index (χ4n) is 3.61. The number of nitrogens with zero attached hydrogens (tertiary/aromatic N) is 4. The fourth-order valence-corrected chi connectivity index (χ4v) is 3.61. The Morgan fingerprint density at radius 3 is 2.57 bits per heavy atom. The summed E-state index contributed by atoms with van der Waals surface area (Å²) in [7, 11) is 0. The van der Waals surface area contributed by atoms with Crippen molar-refractivity contribution < 1.29 is 5.11 Å². The van der Waals surface area contributed by atoms with Gasteiger partial charge in [0.05, 0.1) is 0 Å². The second-order valence-electron chi connectivity index (χ2n) is 7.09. The zero-order valence-corrected chi connectivity index (χ0v) is 15.8. The number of pyridine rings is 1. The van der Waals surface area contributed by atoms with Crippen LogP contribution < -0.4 is 15.8 Å². The smallest absolute Gasteiger partial charge is 0.252 e. The standard InChI is InChI=1S/C21H25N5O2/c27-14-4-13-26-19(28)10-5-16-15-22-21(24-20(16)26)23-17-6-8-18(9-7-17)25-11-2-1-3-12-25/h5-10,15,27H,1-4,11-14H2,(H,22,23,24). The Labute approximate surface area is 163 Å². The molecule has 0 unspecified atom stereocenters. The van der Waals surface area contributed by atoms with Crippen molar-refractivity contribution >= 4 is 28.4 Å². The summed E-state index contributed by atoms with van der Waals surface area (Å²) in [6.07, 6.45) is 6.04. The first-order valence-corrected chi connectivity index (χ1v) is 9.84. The molecule has 2 N–H and O–H groups in total. The first kappa shape index (κ1) is 18.4. The molecule has 0 amide bonds. The van der Waals surface area contributed by atoms with Crippen LogP contribution in [0, 0.1) is 0 Å². The Morgan fingerprint density at radius 1 is 1.04 bits per heavy atom. The van der Waals surface area contributed by atoms with E-state index in [2.05, 4.69) is 32.3 Å². The minimum Gasteiger partial charge on any atom is -0.396 e. The Balaban J connectivity index is 1.56. The summed E-state index contributed by atoms with van der Waals surface area (Å²) in [6, 6.07) is 11.5. The summed E-state index contributed by atoms with van der Waals surface area (Å²) < 4.78 is 1.58. The average molecular weight is 379 g/mol. The van der Waals surface area contributed by atoms with E-state index in [1.54, 1.807) is 16.8 Å². The van der Waals surface area contributed by atoms with Crippen molar-refractivity contribution in [3.8, 4) is 0 Å². The topological polar surface area (TPSA) is 83.3 Å². The van der Waals surface area contributed by atoms with Crippen molar-refractivity contribution in [1.82, 2.24) is 14.5 Å². The van der Waals surface area contributed by atoms with Gasteiger partial charge in [0.2, 0.25) is 5.95 Å². The molecule has 0 saturated carbocycles. The van der Waals surface area contributed by atoms with E-state index >= 15 is 0 Å². The fraction of sp³-hybridized carbons (Fsp3) is 0.381. The summed E-state index contributed by atoms with van der Waals surface area (Å²) in [5.74, 6) is 0.446. The Kier molecular flexibility index (Phi) is 5.53. The van der Waals surface area contributed by atoms with E-state index in [-0.39, 0.29) is 12.2 Å². The van der Waals surface area contributed by atoms with E-state index in [0.29, 0.717) is 24.6 Å². The van der Waals surface area contributed by atoms with Gasteiger partial charge in [0, 0.05) is 55.3 Å². The number of fused-ring (bicyclic) bond motifs is 1. The molecule has 4 rings (SSSR count). The maximum Gasteiger partial charge on any atom is 0.252 e. The van der Waals surface area contributed by atoms with Gasteiger partial charge in [-0.1, -0.05) is 0 Å². The molecule has 0 bridgehead atoms. The molecule has 1 saturated heterocycles. The summed E-state index contributed by atoms with van der Waals surface area (Å²) in [4.78, 5) is 23.5. The van der Waals surface area contributed by atoms with Crippen LogP contribution >= 0.6 is 0 Å². The second-order valence-corrected chi connectivity index (χ2v) is 7.09. The number of anilines is 3. The van der Waals surface area contributed by atoms with Crippen molar-refractivity contribution in [2.24, 2.45) is 0 Å². The molecular formula is C21H25N5O2. The molecule has 0 atom stereocenters. The van der Waals surface area contributed by atoms with E-state index in [0.717, 1.165) is 24.2 Å². The molecule has 28 heavy (non-hydrogen) atoms. The van der Waals surface area contributed by atoms with Crippen LogP contribution in [0.5, 0.6) is 0 Å². The van der Waals surface area contributed by atoms with Gasteiger partial charge in [-0.2, -0.15) is 4.98 Å². The van der Waals surface area contributed by atoms with Gasteiger partial charge >= 0.3 is 0 Å². The number of nitrogens with one attached hydrogen (secondary N) is 1. The largest absolute Gasteiger partial charge is 0.396 e. The second kappa shape index (κ2) is 8.39. The molecule has 3 aromatic rings. The average Bonchev–Trinajstić information content (AvgIpc) is 2.74. The lowest BCUT2D eigenvalue weighted by atomic mass is 10.1. The number of aliphatic hydroxyl groups is 1. The minimum atomic E-state index is -0.128. The highest BCUT2D eigenvalue weighted by Crippen LogP contribution is 2.23. The number of benzene rings is 1. The predicted molar refractivity (Wildman–Crippen MR) is 111 cm³/mol. The number of aromatic nitrogens is 3. The maximum absolute atomic E-state index is 12.2. The van der Waals surface area contributed by atoms with E-state index < -0.39 is 0 Å². The van der Waals surface area contributed by atoms with Gasteiger partial charge in [-0.15, -0.1) is 0 Å². The number of rotatable bonds is 6. The first-order valence-electron chi connectivity index (χ1n) is 9.84. The van der Waals surface area contributed by atoms with E-state index in [1.165, 1.54) is 31.0 Å². The van der Waals surface area contributed by atoms with Crippen molar-refractivity contribution in [3.63, 3.8) is 0 Å². The van der Waals surface area contributed by atoms with Crippen LogP contribution in [0.2, 0.25) is 0 Å². The van der Waals surface area contributed by atoms with Crippen LogP contribution in [0.4, 0.5) is 17.3 Å². The van der Waals surface area contributed by atoms with Crippen molar-refractivity contribution in [3.05, 3.63) is 52.9 Å². The number of aryl methyl sites for hydroxylation is 1.